The first-order valence-corrected chi connectivity index (χ1v) is 10.2. The van der Waals surface area contributed by atoms with E-state index >= 15 is 0 Å². The lowest BCUT2D eigenvalue weighted by molar-refractivity contribution is -0.114. The van der Waals surface area contributed by atoms with Crippen molar-refractivity contribution in [2.24, 2.45) is 10.1 Å². The molecule has 1 N–H and O–H groups in total. The summed E-state index contributed by atoms with van der Waals surface area (Å²) in [5.41, 5.74) is 3.99. The van der Waals surface area contributed by atoms with E-state index in [2.05, 4.69) is 23.9 Å². The Kier molecular flexibility index (Phi) is 5.33. The Balaban J connectivity index is 1.47. The molecule has 2 aliphatic heterocycles. The Bertz CT molecular complexity index is 1120. The number of amides is 1. The van der Waals surface area contributed by atoms with E-state index < -0.39 is 11.9 Å². The second-order valence-electron chi connectivity index (χ2n) is 6.99. The zero-order valence-corrected chi connectivity index (χ0v) is 17.1. The Morgan fingerprint density at radius 2 is 1.83 bits per heavy atom. The van der Waals surface area contributed by atoms with Gasteiger partial charge in [0.05, 0.1) is 16.7 Å². The SMILES string of the molecule is CC(C)c1ccc(C(=O)Oc2ccc(/C=C3\C(=N)N4N=CSC4=NC3=O)cc2)cc1. The van der Waals surface area contributed by atoms with E-state index in [4.69, 9.17) is 10.1 Å². The van der Waals surface area contributed by atoms with E-state index in [-0.39, 0.29) is 11.4 Å². The predicted molar refractivity (Wildman–Crippen MR) is 118 cm³/mol. The largest absolute Gasteiger partial charge is 0.423 e. The zero-order valence-electron chi connectivity index (χ0n) is 16.3. The Morgan fingerprint density at radius 1 is 1.13 bits per heavy atom. The molecule has 30 heavy (non-hydrogen) atoms. The van der Waals surface area contributed by atoms with Gasteiger partial charge in [0.2, 0.25) is 0 Å². The van der Waals surface area contributed by atoms with Crippen LogP contribution in [0.3, 0.4) is 0 Å². The monoisotopic (exact) mass is 418 g/mol. The lowest BCUT2D eigenvalue weighted by atomic mass is 10.0. The van der Waals surface area contributed by atoms with Gasteiger partial charge >= 0.3 is 5.97 Å². The summed E-state index contributed by atoms with van der Waals surface area (Å²) in [6, 6.07) is 14.0. The molecule has 2 aromatic rings. The molecule has 0 saturated heterocycles. The van der Waals surface area contributed by atoms with Crippen molar-refractivity contribution in [3.8, 4) is 5.75 Å². The molecule has 7 nitrogen and oxygen atoms in total. The molecule has 150 valence electrons. The maximum absolute atomic E-state index is 12.3. The van der Waals surface area contributed by atoms with E-state index in [1.165, 1.54) is 22.3 Å². The van der Waals surface area contributed by atoms with Crippen LogP contribution in [0.25, 0.3) is 6.08 Å². The van der Waals surface area contributed by atoms with Gasteiger partial charge in [-0.15, -0.1) is 0 Å². The number of aliphatic imine (C=N–C) groups is 1. The normalized spacial score (nSPS) is 16.8. The topological polar surface area (TPSA) is 95.2 Å². The molecule has 0 bridgehead atoms. The van der Waals surface area contributed by atoms with Gasteiger partial charge in [-0.25, -0.2) is 4.79 Å². The highest BCUT2D eigenvalue weighted by molar-refractivity contribution is 8.25. The number of nitrogens with one attached hydrogen (secondary N) is 1. The molecule has 0 fully saturated rings. The van der Waals surface area contributed by atoms with Crippen molar-refractivity contribution in [1.82, 2.24) is 5.01 Å². The number of esters is 1. The zero-order chi connectivity index (χ0) is 21.3. The summed E-state index contributed by atoms with van der Waals surface area (Å²) in [7, 11) is 0. The van der Waals surface area contributed by atoms with E-state index in [9.17, 15) is 9.59 Å². The fourth-order valence-corrected chi connectivity index (χ4v) is 3.52. The summed E-state index contributed by atoms with van der Waals surface area (Å²) >= 11 is 1.20. The third-order valence-corrected chi connectivity index (χ3v) is 5.29. The highest BCUT2D eigenvalue weighted by Gasteiger charge is 2.32. The van der Waals surface area contributed by atoms with Gasteiger partial charge < -0.3 is 4.74 Å². The molecule has 1 amide bonds. The first-order valence-electron chi connectivity index (χ1n) is 9.27. The third-order valence-electron chi connectivity index (χ3n) is 4.61. The van der Waals surface area contributed by atoms with Crippen LogP contribution in [0, 0.1) is 5.41 Å². The van der Waals surface area contributed by atoms with Gasteiger partial charge in [0.1, 0.15) is 5.75 Å². The van der Waals surface area contributed by atoms with Crippen molar-refractivity contribution in [3.05, 3.63) is 70.8 Å². The number of ether oxygens (including phenoxy) is 1. The smallest absolute Gasteiger partial charge is 0.343 e. The van der Waals surface area contributed by atoms with Crippen molar-refractivity contribution in [3.63, 3.8) is 0 Å². The number of carbonyl (C=O) groups excluding carboxylic acids is 2. The van der Waals surface area contributed by atoms with Crippen molar-refractivity contribution < 1.29 is 14.3 Å². The summed E-state index contributed by atoms with van der Waals surface area (Å²) < 4.78 is 5.42. The van der Waals surface area contributed by atoms with Crippen LogP contribution in [-0.2, 0) is 4.79 Å². The molecule has 8 heteroatoms. The van der Waals surface area contributed by atoms with Crippen LogP contribution in [0.4, 0.5) is 0 Å². The van der Waals surface area contributed by atoms with Crippen LogP contribution in [0.1, 0.15) is 41.3 Å². The third kappa shape index (κ3) is 3.95. The van der Waals surface area contributed by atoms with E-state index in [1.807, 2.05) is 12.1 Å². The Labute approximate surface area is 177 Å². The van der Waals surface area contributed by atoms with Crippen molar-refractivity contribution in [2.45, 2.75) is 19.8 Å². The highest BCUT2D eigenvalue weighted by Crippen LogP contribution is 2.25. The average Bonchev–Trinajstić information content (AvgIpc) is 3.21. The number of nitrogens with zero attached hydrogens (tertiary/aromatic N) is 3. The summed E-state index contributed by atoms with van der Waals surface area (Å²) in [5, 5.41) is 13.9. The van der Waals surface area contributed by atoms with Crippen LogP contribution in [0.15, 0.2) is 64.2 Å². The molecule has 2 aliphatic rings. The number of benzene rings is 2. The molecule has 2 heterocycles. The van der Waals surface area contributed by atoms with Gasteiger partial charge in [-0.1, -0.05) is 38.1 Å². The number of hydrazone groups is 1. The lowest BCUT2D eigenvalue weighted by Gasteiger charge is -2.20. The summed E-state index contributed by atoms with van der Waals surface area (Å²) in [5.74, 6) is -0.161. The van der Waals surface area contributed by atoms with Gasteiger partial charge in [-0.2, -0.15) is 15.1 Å². The van der Waals surface area contributed by atoms with Crippen LogP contribution >= 0.6 is 11.8 Å². The number of hydrogen-bond acceptors (Lipinski definition) is 6. The van der Waals surface area contributed by atoms with E-state index in [0.717, 1.165) is 5.56 Å². The number of thioether (sulfide) groups is 1. The molecular formula is C22H18N4O3S. The minimum absolute atomic E-state index is 0.0217. The number of amidine groups is 2. The van der Waals surface area contributed by atoms with Crippen LogP contribution in [-0.4, -0.2) is 33.4 Å². The van der Waals surface area contributed by atoms with Gasteiger partial charge in [0.15, 0.2) is 11.0 Å². The first-order chi connectivity index (χ1) is 14.4. The van der Waals surface area contributed by atoms with E-state index in [0.29, 0.717) is 28.0 Å². The number of hydrogen-bond donors (Lipinski definition) is 1. The predicted octanol–water partition coefficient (Wildman–Crippen LogP) is 4.28. The maximum atomic E-state index is 12.3. The molecule has 0 aliphatic carbocycles. The summed E-state index contributed by atoms with van der Waals surface area (Å²) in [6.07, 6.45) is 1.57. The first kappa shape index (κ1) is 19.8. The van der Waals surface area contributed by atoms with Gasteiger partial charge in [-0.3, -0.25) is 10.2 Å². The average molecular weight is 418 g/mol. The molecule has 0 spiro atoms. The summed E-state index contributed by atoms with van der Waals surface area (Å²) in [4.78, 5) is 28.5. The molecule has 0 saturated carbocycles. The van der Waals surface area contributed by atoms with Gasteiger partial charge in [-0.05, 0) is 59.1 Å². The molecule has 0 aromatic heterocycles. The van der Waals surface area contributed by atoms with Crippen molar-refractivity contribution in [2.75, 3.05) is 0 Å². The fourth-order valence-electron chi connectivity index (χ4n) is 2.91. The maximum Gasteiger partial charge on any atom is 0.343 e. The molecule has 0 radical (unpaired) electrons. The van der Waals surface area contributed by atoms with Crippen molar-refractivity contribution in [1.29, 1.82) is 5.41 Å². The second-order valence-corrected chi connectivity index (χ2v) is 7.80. The minimum Gasteiger partial charge on any atom is -0.423 e. The van der Waals surface area contributed by atoms with Crippen LogP contribution in [0.2, 0.25) is 0 Å². The molecule has 2 aromatic carbocycles. The summed E-state index contributed by atoms with van der Waals surface area (Å²) in [6.45, 7) is 4.18. The number of rotatable bonds is 4. The fraction of sp³-hybridized carbons (Fsp3) is 0.136. The number of carbonyl (C=O) groups is 2. The molecule has 4 rings (SSSR count). The Morgan fingerprint density at radius 3 is 2.50 bits per heavy atom. The molecule has 0 atom stereocenters. The lowest BCUT2D eigenvalue weighted by Crippen LogP contribution is -2.35. The van der Waals surface area contributed by atoms with E-state index in [1.54, 1.807) is 42.5 Å². The Hall–Kier alpha value is -3.52. The van der Waals surface area contributed by atoms with Crippen LogP contribution in [0.5, 0.6) is 5.75 Å². The standard InChI is InChI=1S/C22H18N4O3S/c1-13(2)15-5-7-16(8-6-15)21(28)29-17-9-3-14(4-10-17)11-18-19(23)26-22(25-20(18)27)30-12-24-26/h3-13,23H,1-2H3/b18-11+,23-19?. The second kappa shape index (κ2) is 8.08. The quantitative estimate of drug-likeness (QED) is 0.454. The molecular weight excluding hydrogens is 400 g/mol. The minimum atomic E-state index is -0.482. The van der Waals surface area contributed by atoms with Crippen LogP contribution < -0.4 is 4.74 Å². The van der Waals surface area contributed by atoms with Gasteiger partial charge in [0.25, 0.3) is 5.91 Å². The number of fused-ring (bicyclic) bond motifs is 1. The van der Waals surface area contributed by atoms with Crippen molar-refractivity contribution >= 4 is 46.3 Å². The van der Waals surface area contributed by atoms with Gasteiger partial charge in [0, 0.05) is 0 Å². The molecule has 0 unspecified atom stereocenters. The highest BCUT2D eigenvalue weighted by atomic mass is 32.2.